The molecule has 0 unspecified atom stereocenters. The summed E-state index contributed by atoms with van der Waals surface area (Å²) < 4.78 is 9.78. The van der Waals surface area contributed by atoms with Gasteiger partial charge in [-0.1, -0.05) is 12.6 Å². The molecule has 0 saturated carbocycles. The summed E-state index contributed by atoms with van der Waals surface area (Å²) in [5, 5.41) is 8.03. The third kappa shape index (κ3) is 25.6. The van der Waals surface area contributed by atoms with Gasteiger partial charge in [0.1, 0.15) is 9.76 Å². The number of allylic oxidation sites excluding steroid dienone is 1. The Morgan fingerprint density at radius 1 is 1.41 bits per heavy atom. The molecule has 0 saturated heterocycles. The highest BCUT2D eigenvalue weighted by molar-refractivity contribution is 6.73. The van der Waals surface area contributed by atoms with Gasteiger partial charge in [-0.05, 0) is 38.9 Å². The van der Waals surface area contributed by atoms with Crippen molar-refractivity contribution in [1.29, 1.82) is 0 Å². The Bertz CT molecular complexity index is 202. The number of rotatable bonds is 7. The van der Waals surface area contributed by atoms with Crippen LogP contribution in [0.3, 0.4) is 0 Å². The van der Waals surface area contributed by atoms with E-state index in [9.17, 15) is 4.79 Å². The van der Waals surface area contributed by atoms with Gasteiger partial charge in [-0.25, -0.2) is 4.79 Å². The Hall–Kier alpha value is -0.596. The molecule has 4 nitrogen and oxygen atoms in total. The first kappa shape index (κ1) is 18.8. The fourth-order valence-corrected chi connectivity index (χ4v) is 4.45. The molecule has 17 heavy (non-hydrogen) atoms. The van der Waals surface area contributed by atoms with E-state index < -0.39 is 14.5 Å². The molecule has 0 radical (unpaired) electrons. The van der Waals surface area contributed by atoms with Crippen molar-refractivity contribution in [3.8, 4) is 0 Å². The topological polar surface area (TPSA) is 55.8 Å². The first-order valence-electron chi connectivity index (χ1n) is 5.94. The molecule has 6 heteroatoms. The van der Waals surface area contributed by atoms with Crippen LogP contribution in [0, 0.1) is 0 Å². The molecule has 0 bridgehead atoms. The maximum absolute atomic E-state index is 9.79. The monoisotopic (exact) mass is 278 g/mol. The predicted octanol–water partition coefficient (Wildman–Crippen LogP) is 3.01. The van der Waals surface area contributed by atoms with Crippen LogP contribution in [0.25, 0.3) is 0 Å². The average molecular weight is 278 g/mol. The summed E-state index contributed by atoms with van der Waals surface area (Å²) in [5.74, 6) is 0. The molecule has 0 fully saturated rings. The molecular formula is C11H26O4Si2. The van der Waals surface area contributed by atoms with E-state index in [-0.39, 0.29) is 9.76 Å². The van der Waals surface area contributed by atoms with Crippen LogP contribution in [0.4, 0.5) is 4.79 Å². The normalized spacial score (nSPS) is 10.8. The van der Waals surface area contributed by atoms with Crippen LogP contribution in [0.15, 0.2) is 12.7 Å². The second-order valence-corrected chi connectivity index (χ2v) is 10.4. The Balaban J connectivity index is 0. The molecule has 102 valence electrons. The Labute approximate surface area is 108 Å². The number of hydrogen-bond acceptors (Lipinski definition) is 3. The SMILES string of the molecule is C=CCCCCOC(=O)O.C[SiH2]O[Si](C)(C)C. The summed E-state index contributed by atoms with van der Waals surface area (Å²) in [6.45, 7) is 12.7. The van der Waals surface area contributed by atoms with E-state index in [2.05, 4.69) is 37.5 Å². The van der Waals surface area contributed by atoms with Gasteiger partial charge in [0, 0.05) is 0 Å². The van der Waals surface area contributed by atoms with Gasteiger partial charge in [-0.15, -0.1) is 6.58 Å². The Morgan fingerprint density at radius 3 is 2.29 bits per heavy atom. The van der Waals surface area contributed by atoms with Crippen molar-refractivity contribution in [2.45, 2.75) is 45.5 Å². The summed E-state index contributed by atoms with van der Waals surface area (Å²) >= 11 is 0. The lowest BCUT2D eigenvalue weighted by Crippen LogP contribution is -2.26. The molecule has 0 aromatic carbocycles. The molecule has 0 rings (SSSR count). The largest absolute Gasteiger partial charge is 0.505 e. The minimum absolute atomic E-state index is 0.128. The van der Waals surface area contributed by atoms with Crippen molar-refractivity contribution >= 4 is 24.2 Å². The van der Waals surface area contributed by atoms with Gasteiger partial charge >= 0.3 is 6.16 Å². The highest BCUT2D eigenvalue weighted by Gasteiger charge is 2.10. The number of carboxylic acid groups (broad SMARTS) is 1. The van der Waals surface area contributed by atoms with Crippen LogP contribution in [-0.2, 0) is 8.85 Å². The molecule has 0 amide bonds. The molecule has 0 aliphatic carbocycles. The van der Waals surface area contributed by atoms with Crippen LogP contribution >= 0.6 is 0 Å². The van der Waals surface area contributed by atoms with Crippen LogP contribution in [0.1, 0.15) is 19.3 Å². The molecule has 0 aromatic heterocycles. The van der Waals surface area contributed by atoms with Crippen molar-refractivity contribution in [3.63, 3.8) is 0 Å². The highest BCUT2D eigenvalue weighted by Crippen LogP contribution is 1.99. The zero-order chi connectivity index (χ0) is 13.7. The molecule has 0 atom stereocenters. The maximum Gasteiger partial charge on any atom is 0.505 e. The number of carbonyl (C=O) groups is 1. The van der Waals surface area contributed by atoms with Gasteiger partial charge in [0.15, 0.2) is 8.32 Å². The Kier molecular flexibility index (Phi) is 13.1. The van der Waals surface area contributed by atoms with Crippen LogP contribution in [0.5, 0.6) is 0 Å². The van der Waals surface area contributed by atoms with Crippen LogP contribution in [0.2, 0.25) is 26.2 Å². The molecule has 0 aromatic rings. The Morgan fingerprint density at radius 2 is 2.00 bits per heavy atom. The first-order chi connectivity index (χ1) is 7.83. The molecule has 1 N–H and O–H groups in total. The van der Waals surface area contributed by atoms with Gasteiger partial charge in [0.2, 0.25) is 0 Å². The van der Waals surface area contributed by atoms with Crippen molar-refractivity contribution in [3.05, 3.63) is 12.7 Å². The first-order valence-corrected chi connectivity index (χ1v) is 11.3. The molecule has 0 heterocycles. The zero-order valence-corrected chi connectivity index (χ0v) is 13.9. The van der Waals surface area contributed by atoms with Gasteiger partial charge in [0.25, 0.3) is 0 Å². The van der Waals surface area contributed by atoms with Crippen molar-refractivity contribution in [2.75, 3.05) is 6.61 Å². The quantitative estimate of drug-likeness (QED) is 0.337. The third-order valence-electron chi connectivity index (χ3n) is 1.61. The van der Waals surface area contributed by atoms with E-state index in [1.54, 1.807) is 6.08 Å². The minimum atomic E-state index is -1.20. The third-order valence-corrected chi connectivity index (χ3v) is 6.22. The fraction of sp³-hybridized carbons (Fsp3) is 0.727. The summed E-state index contributed by atoms with van der Waals surface area (Å²) in [5.41, 5.74) is 0. The maximum atomic E-state index is 9.79. The van der Waals surface area contributed by atoms with E-state index in [0.29, 0.717) is 6.61 Å². The summed E-state index contributed by atoms with van der Waals surface area (Å²) in [6, 6.07) is 0. The fourth-order valence-electron chi connectivity index (χ4n) is 0.983. The van der Waals surface area contributed by atoms with E-state index >= 15 is 0 Å². The molecule has 0 aliphatic heterocycles. The van der Waals surface area contributed by atoms with Gasteiger partial charge < -0.3 is 14.0 Å². The smallest absolute Gasteiger partial charge is 0.461 e. The molecule has 0 spiro atoms. The van der Waals surface area contributed by atoms with Crippen molar-refractivity contribution < 1.29 is 18.8 Å². The standard InChI is InChI=1S/C7H12O3.C4H14OSi2/c1-2-3-4-5-6-10-7(8)9;1-6-5-7(2,3)4/h2H,1,3-6H2,(H,8,9);6H2,1-4H3. The lowest BCUT2D eigenvalue weighted by molar-refractivity contribution is 0.0902. The minimum Gasteiger partial charge on any atom is -0.461 e. The summed E-state index contributed by atoms with van der Waals surface area (Å²) in [7, 11) is -1.22. The lowest BCUT2D eigenvalue weighted by atomic mass is 10.2. The van der Waals surface area contributed by atoms with Gasteiger partial charge in [-0.2, -0.15) is 0 Å². The van der Waals surface area contributed by atoms with Gasteiger partial charge in [-0.3, -0.25) is 0 Å². The van der Waals surface area contributed by atoms with Gasteiger partial charge in [0.05, 0.1) is 6.61 Å². The second kappa shape index (κ2) is 11.9. The average Bonchev–Trinajstić information content (AvgIpc) is 2.16. The summed E-state index contributed by atoms with van der Waals surface area (Å²) in [6.07, 6.45) is 3.25. The van der Waals surface area contributed by atoms with E-state index in [1.807, 2.05) is 0 Å². The zero-order valence-electron chi connectivity index (χ0n) is 11.5. The van der Waals surface area contributed by atoms with E-state index in [0.717, 1.165) is 19.3 Å². The van der Waals surface area contributed by atoms with Crippen LogP contribution in [-0.4, -0.2) is 35.9 Å². The number of ether oxygens (including phenoxy) is 1. The van der Waals surface area contributed by atoms with Crippen molar-refractivity contribution in [2.24, 2.45) is 0 Å². The van der Waals surface area contributed by atoms with Crippen LogP contribution < -0.4 is 0 Å². The predicted molar refractivity (Wildman–Crippen MR) is 76.9 cm³/mol. The number of hydrogen-bond donors (Lipinski definition) is 1. The van der Waals surface area contributed by atoms with E-state index in [1.165, 1.54) is 0 Å². The summed E-state index contributed by atoms with van der Waals surface area (Å²) in [4.78, 5) is 9.79. The van der Waals surface area contributed by atoms with Crippen molar-refractivity contribution in [1.82, 2.24) is 0 Å². The second-order valence-electron chi connectivity index (χ2n) is 4.44. The lowest BCUT2D eigenvalue weighted by Gasteiger charge is -2.14. The molecule has 0 aliphatic rings. The highest BCUT2D eigenvalue weighted by atomic mass is 28.4. The van der Waals surface area contributed by atoms with E-state index in [4.69, 9.17) is 9.22 Å². The number of unbranched alkanes of at least 4 members (excludes halogenated alkanes) is 2. The molecular weight excluding hydrogens is 252 g/mol.